The van der Waals surface area contributed by atoms with E-state index in [1.807, 2.05) is 0 Å². The van der Waals surface area contributed by atoms with Crippen LogP contribution in [0.3, 0.4) is 0 Å². The summed E-state index contributed by atoms with van der Waals surface area (Å²) < 4.78 is 33.8. The molecule has 0 rings (SSSR count). The first-order valence-electron chi connectivity index (χ1n) is 2.03. The third-order valence-corrected chi connectivity index (χ3v) is 0.596. The molecular formula is C4H4F3NO. The summed E-state index contributed by atoms with van der Waals surface area (Å²) in [4.78, 5) is 9.92. The normalized spacial score (nSPS) is 8.89. The van der Waals surface area contributed by atoms with Gasteiger partial charge in [0, 0.05) is 0 Å². The van der Waals surface area contributed by atoms with Crippen LogP contribution >= 0.6 is 0 Å². The second kappa shape index (κ2) is 3.24. The maximum Gasteiger partial charge on any atom is 0.309 e. The van der Waals surface area contributed by atoms with E-state index in [9.17, 15) is 18.0 Å². The van der Waals surface area contributed by atoms with Gasteiger partial charge in [-0.1, -0.05) is 0 Å². The van der Waals surface area contributed by atoms with E-state index in [-0.39, 0.29) is 0 Å². The van der Waals surface area contributed by atoms with E-state index in [4.69, 9.17) is 0 Å². The van der Waals surface area contributed by atoms with Crippen LogP contribution in [0.4, 0.5) is 13.2 Å². The molecule has 5 heteroatoms. The summed E-state index contributed by atoms with van der Waals surface area (Å²) in [5.41, 5.74) is 4.55. The Morgan fingerprint density at radius 3 is 1.89 bits per heavy atom. The van der Waals surface area contributed by atoms with Gasteiger partial charge in [0.1, 0.15) is 0 Å². The lowest BCUT2D eigenvalue weighted by molar-refractivity contribution is -0.115. The van der Waals surface area contributed by atoms with Crippen molar-refractivity contribution in [1.82, 2.24) is 0 Å². The van der Waals surface area contributed by atoms with Crippen molar-refractivity contribution in [2.24, 2.45) is 5.73 Å². The Labute approximate surface area is 49.1 Å². The first-order valence-corrected chi connectivity index (χ1v) is 2.03. The van der Waals surface area contributed by atoms with E-state index >= 15 is 0 Å². The summed E-state index contributed by atoms with van der Waals surface area (Å²) in [6.07, 6.45) is -2.62. The third kappa shape index (κ3) is 2.27. The Morgan fingerprint density at radius 1 is 1.33 bits per heavy atom. The number of carbonyl (C=O) groups is 1. The Balaban J connectivity index is 4.21. The van der Waals surface area contributed by atoms with Crippen LogP contribution in [0.5, 0.6) is 0 Å². The summed E-state index contributed by atoms with van der Waals surface area (Å²) >= 11 is 0. The smallest absolute Gasteiger partial charge is 0.309 e. The van der Waals surface area contributed by atoms with Crippen LogP contribution in [0.1, 0.15) is 0 Å². The van der Waals surface area contributed by atoms with Crippen LogP contribution in [0, 0.1) is 0 Å². The molecule has 0 unspecified atom stereocenters. The monoisotopic (exact) mass is 139 g/mol. The number of carbonyl (C=O) groups excluding carboxylic acids is 1. The second-order valence-electron chi connectivity index (χ2n) is 1.20. The summed E-state index contributed by atoms with van der Waals surface area (Å²) in [5, 5.41) is 0. The van der Waals surface area contributed by atoms with Crippen molar-refractivity contribution in [2.45, 2.75) is 0 Å². The molecule has 0 aromatic heterocycles. The van der Waals surface area contributed by atoms with Gasteiger partial charge in [0.2, 0.25) is 11.6 Å². The molecule has 2 N–H and O–H groups in total. The molecule has 0 fully saturated rings. The van der Waals surface area contributed by atoms with Gasteiger partial charge in [-0.2, -0.15) is 13.2 Å². The third-order valence-electron chi connectivity index (χ3n) is 0.596. The second-order valence-corrected chi connectivity index (χ2v) is 1.20. The fourth-order valence-corrected chi connectivity index (χ4v) is 0.195. The molecule has 2 nitrogen and oxygen atoms in total. The van der Waals surface area contributed by atoms with Gasteiger partial charge in [0.15, 0.2) is 0 Å². The fourth-order valence-electron chi connectivity index (χ4n) is 0.195. The summed E-state index contributed by atoms with van der Waals surface area (Å²) in [6, 6.07) is 0. The summed E-state index contributed by atoms with van der Waals surface area (Å²) in [6.45, 7) is -0.733. The van der Waals surface area contributed by atoms with E-state index in [2.05, 4.69) is 5.73 Å². The van der Waals surface area contributed by atoms with Gasteiger partial charge in [0.05, 0.1) is 6.54 Å². The standard InChI is InChI=1S/C4H4F3NO/c5-3(4(6)7)2(9)1-8/h1,8H2. The molecule has 52 valence electrons. The lowest BCUT2D eigenvalue weighted by atomic mass is 10.4. The zero-order valence-electron chi connectivity index (χ0n) is 4.33. The van der Waals surface area contributed by atoms with Crippen molar-refractivity contribution in [1.29, 1.82) is 0 Å². The van der Waals surface area contributed by atoms with Crippen LogP contribution in [0.25, 0.3) is 0 Å². The molecule has 0 aliphatic carbocycles. The molecule has 0 aliphatic heterocycles. The maximum absolute atomic E-state index is 11.6. The van der Waals surface area contributed by atoms with Crippen molar-refractivity contribution < 1.29 is 18.0 Å². The lowest BCUT2D eigenvalue weighted by Crippen LogP contribution is -2.13. The van der Waals surface area contributed by atoms with Gasteiger partial charge in [0.25, 0.3) is 0 Å². The molecule has 0 atom stereocenters. The van der Waals surface area contributed by atoms with Crippen LogP contribution in [0.2, 0.25) is 0 Å². The van der Waals surface area contributed by atoms with Crippen LogP contribution in [-0.4, -0.2) is 12.3 Å². The van der Waals surface area contributed by atoms with Crippen molar-refractivity contribution in [3.63, 3.8) is 0 Å². The molecule has 0 heterocycles. The molecule has 0 aromatic rings. The van der Waals surface area contributed by atoms with E-state index in [0.717, 1.165) is 0 Å². The Morgan fingerprint density at radius 2 is 1.78 bits per heavy atom. The molecule has 9 heavy (non-hydrogen) atoms. The number of Topliss-reactive ketones (excluding diaryl/α,β-unsaturated/α-hetero) is 1. The highest BCUT2D eigenvalue weighted by Gasteiger charge is 2.12. The minimum absolute atomic E-state index is 0.733. The quantitative estimate of drug-likeness (QED) is 0.569. The van der Waals surface area contributed by atoms with Gasteiger partial charge >= 0.3 is 6.08 Å². The number of halogens is 3. The molecule has 0 aromatic carbocycles. The summed E-state index contributed by atoms with van der Waals surface area (Å²) in [7, 11) is 0. The van der Waals surface area contributed by atoms with E-state index in [0.29, 0.717) is 0 Å². The molecule has 0 spiro atoms. The number of rotatable bonds is 2. The largest absolute Gasteiger partial charge is 0.324 e. The average molecular weight is 139 g/mol. The highest BCUT2D eigenvalue weighted by Crippen LogP contribution is 2.08. The summed E-state index contributed by atoms with van der Waals surface area (Å²) in [5.74, 6) is -3.42. The van der Waals surface area contributed by atoms with Gasteiger partial charge < -0.3 is 5.73 Å². The number of nitrogens with two attached hydrogens (primary N) is 1. The Hall–Kier alpha value is -0.840. The van der Waals surface area contributed by atoms with E-state index < -0.39 is 24.2 Å². The van der Waals surface area contributed by atoms with Gasteiger partial charge in [-0.05, 0) is 0 Å². The number of ketones is 1. The van der Waals surface area contributed by atoms with Crippen molar-refractivity contribution >= 4 is 5.78 Å². The zero-order chi connectivity index (χ0) is 7.44. The van der Waals surface area contributed by atoms with Crippen LogP contribution in [-0.2, 0) is 4.79 Å². The van der Waals surface area contributed by atoms with E-state index in [1.54, 1.807) is 0 Å². The minimum Gasteiger partial charge on any atom is -0.324 e. The predicted octanol–water partition coefficient (Wildman–Crippen LogP) is 0.592. The molecule has 0 amide bonds. The lowest BCUT2D eigenvalue weighted by Gasteiger charge is -1.87. The maximum atomic E-state index is 11.6. The van der Waals surface area contributed by atoms with Crippen molar-refractivity contribution in [3.8, 4) is 0 Å². The van der Waals surface area contributed by atoms with Crippen LogP contribution in [0.15, 0.2) is 11.9 Å². The first-order chi connectivity index (χ1) is 4.09. The molecule has 0 radical (unpaired) electrons. The van der Waals surface area contributed by atoms with Crippen LogP contribution < -0.4 is 5.73 Å². The zero-order valence-corrected chi connectivity index (χ0v) is 4.33. The Bertz CT molecular complexity index is 150. The molecule has 0 saturated carbocycles. The molecule has 0 aliphatic rings. The molecule has 0 saturated heterocycles. The SMILES string of the molecule is NCC(=O)C(F)=C(F)F. The van der Waals surface area contributed by atoms with Gasteiger partial charge in [-0.25, -0.2) is 0 Å². The fraction of sp³-hybridized carbons (Fsp3) is 0.250. The van der Waals surface area contributed by atoms with E-state index in [1.165, 1.54) is 0 Å². The topological polar surface area (TPSA) is 43.1 Å². The minimum atomic E-state index is -2.62. The Kier molecular flexibility index (Phi) is 2.94. The predicted molar refractivity (Wildman–Crippen MR) is 24.4 cm³/mol. The number of hydrogen-bond donors (Lipinski definition) is 1. The highest BCUT2D eigenvalue weighted by molar-refractivity contribution is 5.94. The van der Waals surface area contributed by atoms with Gasteiger partial charge in [-0.15, -0.1) is 0 Å². The van der Waals surface area contributed by atoms with Crippen molar-refractivity contribution in [2.75, 3.05) is 6.54 Å². The average Bonchev–Trinajstić information content (AvgIpc) is 1.84. The number of hydrogen-bond acceptors (Lipinski definition) is 2. The first kappa shape index (κ1) is 8.16. The van der Waals surface area contributed by atoms with Crippen molar-refractivity contribution in [3.05, 3.63) is 11.9 Å². The molecular weight excluding hydrogens is 135 g/mol. The highest BCUT2D eigenvalue weighted by atomic mass is 19.3. The molecule has 0 bridgehead atoms. The van der Waals surface area contributed by atoms with Gasteiger partial charge in [-0.3, -0.25) is 4.79 Å².